The zero-order valence-corrected chi connectivity index (χ0v) is 42.4. The highest BCUT2D eigenvalue weighted by molar-refractivity contribution is 7.61. The maximum absolute atomic E-state index is 13.4. The Morgan fingerprint density at radius 1 is 0.870 bits per heavy atom. The zero-order chi connectivity index (χ0) is 51.0. The molecule has 2 aliphatic heterocycles. The summed E-state index contributed by atoms with van der Waals surface area (Å²) in [6.07, 6.45) is 4.01. The number of aliphatic hydroxyl groups is 5. The summed E-state index contributed by atoms with van der Waals surface area (Å²) in [5.74, 6) is -3.30. The van der Waals surface area contributed by atoms with E-state index >= 15 is 0 Å². The Labute approximate surface area is 406 Å². The number of esters is 2. The van der Waals surface area contributed by atoms with Gasteiger partial charge in [-0.1, -0.05) is 123 Å². The summed E-state index contributed by atoms with van der Waals surface area (Å²) in [7, 11) is -11.3. The number of rotatable bonds is 19. The van der Waals surface area contributed by atoms with E-state index in [2.05, 4.69) is 23.1 Å². The van der Waals surface area contributed by atoms with Crippen LogP contribution < -0.4 is 11.4 Å². The Kier molecular flexibility index (Phi) is 27.9. The number of aromatic nitrogens is 2. The molecule has 23 heteroatoms. The van der Waals surface area contributed by atoms with Crippen molar-refractivity contribution in [1.82, 2.24) is 9.55 Å². The van der Waals surface area contributed by atoms with Crippen LogP contribution in [0.4, 0.5) is 5.82 Å². The van der Waals surface area contributed by atoms with E-state index in [1.165, 1.54) is 43.7 Å². The molecular formula is C46H81N3O18P2. The lowest BCUT2D eigenvalue weighted by atomic mass is 9.82. The second-order valence-electron chi connectivity index (χ2n) is 18.8. The van der Waals surface area contributed by atoms with Crippen molar-refractivity contribution in [2.24, 2.45) is 17.8 Å². The minimum absolute atomic E-state index is 0.00873. The predicted molar refractivity (Wildman–Crippen MR) is 254 cm³/mol. The zero-order valence-electron chi connectivity index (χ0n) is 40.6. The Balaban J connectivity index is 1.88. The van der Waals surface area contributed by atoms with Crippen molar-refractivity contribution in [2.45, 2.75) is 205 Å². The van der Waals surface area contributed by atoms with E-state index in [0.29, 0.717) is 50.9 Å². The number of hydrogen-bond donors (Lipinski definition) is 8. The summed E-state index contributed by atoms with van der Waals surface area (Å²) < 4.78 is 59.1. The molecule has 2 fully saturated rings. The first-order valence-corrected chi connectivity index (χ1v) is 27.8. The van der Waals surface area contributed by atoms with Crippen molar-refractivity contribution in [3.05, 3.63) is 34.9 Å². The summed E-state index contributed by atoms with van der Waals surface area (Å²) in [6, 6.07) is 1.26. The van der Waals surface area contributed by atoms with Crippen molar-refractivity contribution in [2.75, 3.05) is 25.6 Å². The van der Waals surface area contributed by atoms with Gasteiger partial charge in [0.05, 0.1) is 37.6 Å². The number of unbranched alkanes of at least 4 members (excludes halogenated alkanes) is 9. The average molecular weight is 1030 g/mol. The Bertz CT molecular complexity index is 1840. The number of cyclic esters (lactones) is 1. The van der Waals surface area contributed by atoms with Gasteiger partial charge in [0.25, 0.3) is 0 Å². The van der Waals surface area contributed by atoms with Crippen LogP contribution in [0, 0.1) is 17.8 Å². The number of ether oxygens (including phenoxy) is 3. The number of phosphoric acid groups is 2. The largest absolute Gasteiger partial charge is 0.481 e. The topological polar surface area (TPSA) is 326 Å². The molecule has 0 aliphatic carbocycles. The van der Waals surface area contributed by atoms with Crippen LogP contribution in [0.3, 0.4) is 0 Å². The lowest BCUT2D eigenvalue weighted by Crippen LogP contribution is -2.52. The summed E-state index contributed by atoms with van der Waals surface area (Å²) >= 11 is 0. The number of hydrogen-bond acceptors (Lipinski definition) is 18. The maximum Gasteiger partial charge on any atom is 0.481 e. The lowest BCUT2D eigenvalue weighted by Gasteiger charge is -2.41. The molecule has 2 unspecified atom stereocenters. The first kappa shape index (κ1) is 60.7. The molecule has 1 aromatic heterocycles. The second kappa shape index (κ2) is 31.8. The summed E-state index contributed by atoms with van der Waals surface area (Å²) in [6.45, 7) is 3.75. The van der Waals surface area contributed by atoms with Gasteiger partial charge >= 0.3 is 33.3 Å². The molecule has 0 radical (unpaired) electrons. The van der Waals surface area contributed by atoms with Crippen molar-refractivity contribution in [3.8, 4) is 0 Å². The Hall–Kier alpha value is -2.62. The van der Waals surface area contributed by atoms with Crippen LogP contribution in [0.1, 0.15) is 162 Å². The SMILES string of the molecule is CCCCC[C@H](O)/C=C/[C@@H]1[C@H](O)[C@H](O)[C@H]2COP(=O)(O)OP(=O)(O)OC[C@H](OC(=O)CCCCCCCCCCC(C)C)COC(=O)CCCCCC[C@H]([C@H](n3ccc(N)nc3=O)O2)[C@@H](O)C[C@H]1O. The van der Waals surface area contributed by atoms with Crippen LogP contribution in [0.2, 0.25) is 0 Å². The van der Waals surface area contributed by atoms with E-state index in [9.17, 15) is 58.8 Å². The van der Waals surface area contributed by atoms with Gasteiger partial charge < -0.3 is 55.3 Å². The molecule has 21 nitrogen and oxygen atoms in total. The number of phosphoric ester groups is 2. The number of anilines is 1. The Morgan fingerprint density at radius 2 is 1.51 bits per heavy atom. The van der Waals surface area contributed by atoms with Crippen LogP contribution in [-0.2, 0) is 46.3 Å². The average Bonchev–Trinajstić information content (AvgIpc) is 3.27. The van der Waals surface area contributed by atoms with Gasteiger partial charge in [0.15, 0.2) is 6.10 Å². The standard InChI is InChI=1S/C46H81N3O18P2/c1-4-5-14-20-33(50)24-25-35-37(51)28-38(52)36-21-16-12-13-17-22-41(53)62-29-34(65-42(54)23-18-11-9-7-6-8-10-15-19-32(2)3)30-63-68(58,59)67-69(60,61)64-31-39(44(56)43(35)55)66-45(36)49-27-26-40(47)48-46(49)57/h24-27,32-39,43-45,50-52,55-56H,4-23,28-31H2,1-3H3,(H,58,59)(H,60,61)(H2,47,48,57)/b25-24+/t33-,34+,35-,36-,37+,38-,39+,43-,44+,45+/m0/s1. The van der Waals surface area contributed by atoms with Crippen molar-refractivity contribution >= 4 is 33.4 Å². The fourth-order valence-corrected chi connectivity index (χ4v) is 10.5. The molecule has 0 saturated carbocycles. The number of fused-ring (bicyclic) bond motifs is 3. The molecule has 3 rings (SSSR count). The van der Waals surface area contributed by atoms with Crippen LogP contribution in [0.5, 0.6) is 0 Å². The van der Waals surface area contributed by atoms with Gasteiger partial charge in [-0.15, -0.1) is 0 Å². The van der Waals surface area contributed by atoms with E-state index in [1.54, 1.807) is 0 Å². The van der Waals surface area contributed by atoms with Gasteiger partial charge in [0.2, 0.25) is 0 Å². The van der Waals surface area contributed by atoms with Gasteiger partial charge in [0.1, 0.15) is 30.9 Å². The molecule has 398 valence electrons. The summed E-state index contributed by atoms with van der Waals surface area (Å²) in [5, 5.41) is 57.5. The van der Waals surface area contributed by atoms with Crippen LogP contribution >= 0.6 is 15.6 Å². The molecule has 2 aliphatic rings. The molecule has 69 heavy (non-hydrogen) atoms. The highest BCUT2D eigenvalue weighted by Crippen LogP contribution is 2.60. The van der Waals surface area contributed by atoms with Gasteiger partial charge in [-0.3, -0.25) is 23.2 Å². The molecule has 2 saturated heterocycles. The molecule has 12 atom stereocenters. The normalized spacial score (nSPS) is 31.5. The quantitative estimate of drug-likeness (QED) is 0.0346. The minimum atomic E-state index is -5.69. The van der Waals surface area contributed by atoms with Crippen molar-refractivity contribution in [3.63, 3.8) is 0 Å². The third-order valence-corrected chi connectivity index (χ3v) is 15.0. The van der Waals surface area contributed by atoms with Gasteiger partial charge in [-0.2, -0.15) is 9.29 Å². The lowest BCUT2D eigenvalue weighted by molar-refractivity contribution is -0.195. The molecule has 0 amide bonds. The van der Waals surface area contributed by atoms with E-state index in [0.717, 1.165) is 49.5 Å². The minimum Gasteiger partial charge on any atom is -0.462 e. The molecule has 2 bridgehead atoms. The third-order valence-electron chi connectivity index (χ3n) is 12.4. The van der Waals surface area contributed by atoms with E-state index in [-0.39, 0.29) is 25.1 Å². The summed E-state index contributed by atoms with van der Waals surface area (Å²) in [5.41, 5.74) is 4.81. The maximum atomic E-state index is 13.4. The van der Waals surface area contributed by atoms with Crippen LogP contribution in [-0.4, -0.2) is 119 Å². The summed E-state index contributed by atoms with van der Waals surface area (Å²) in [4.78, 5) is 64.1. The van der Waals surface area contributed by atoms with Crippen LogP contribution in [0.15, 0.2) is 29.2 Å². The Morgan fingerprint density at radius 3 is 2.17 bits per heavy atom. The molecule has 3 heterocycles. The van der Waals surface area contributed by atoms with Gasteiger partial charge in [-0.25, -0.2) is 13.9 Å². The smallest absolute Gasteiger partial charge is 0.462 e. The van der Waals surface area contributed by atoms with Gasteiger partial charge in [0, 0.05) is 37.3 Å². The predicted octanol–water partition coefficient (Wildman–Crippen LogP) is 5.90. The fourth-order valence-electron chi connectivity index (χ4n) is 8.39. The van der Waals surface area contributed by atoms with Crippen LogP contribution in [0.25, 0.3) is 0 Å². The number of nitrogens with zero attached hydrogens (tertiary/aromatic N) is 2. The fraction of sp³-hybridized carbons (Fsp3) is 0.826. The molecule has 0 aromatic carbocycles. The molecular weight excluding hydrogens is 944 g/mol. The number of nitrogen functional groups attached to an aromatic ring is 1. The number of carbonyl (C=O) groups excluding carboxylic acids is 2. The number of aliphatic hydroxyl groups excluding tert-OH is 5. The first-order chi connectivity index (χ1) is 32.7. The van der Waals surface area contributed by atoms with Gasteiger partial charge in [-0.05, 0) is 37.7 Å². The molecule has 1 aromatic rings. The highest BCUT2D eigenvalue weighted by atomic mass is 31.3. The first-order valence-electron chi connectivity index (χ1n) is 24.8. The van der Waals surface area contributed by atoms with E-state index in [1.807, 2.05) is 6.92 Å². The third kappa shape index (κ3) is 23.7. The van der Waals surface area contributed by atoms with Crippen molar-refractivity contribution in [1.29, 1.82) is 0 Å². The number of nitrogens with two attached hydrogens (primary N) is 1. The highest BCUT2D eigenvalue weighted by Gasteiger charge is 2.45. The number of carbonyl (C=O) groups is 2. The molecule has 9 N–H and O–H groups in total. The van der Waals surface area contributed by atoms with E-state index in [4.69, 9.17) is 29.0 Å². The second-order valence-corrected chi connectivity index (χ2v) is 21.8. The molecule has 0 spiro atoms. The monoisotopic (exact) mass is 1030 g/mol. The van der Waals surface area contributed by atoms with Crippen molar-refractivity contribution < 1.29 is 81.6 Å². The van der Waals surface area contributed by atoms with E-state index < -0.39 is 120 Å².